The Balaban J connectivity index is 5.09. The molecule has 88 heavy (non-hydrogen) atoms. The highest BCUT2D eigenvalue weighted by Crippen LogP contribution is 2.66. The highest BCUT2D eigenvalue weighted by Gasteiger charge is 2.97. The number of ether oxygens (including phenoxy) is 2. The van der Waals surface area contributed by atoms with E-state index in [1.807, 2.05) is 0 Å². The van der Waals surface area contributed by atoms with Gasteiger partial charge in [-0.25, -0.2) is 4.57 Å². The molecule has 0 rings (SSSR count). The van der Waals surface area contributed by atoms with Crippen LogP contribution in [0.15, 0.2) is 0 Å². The number of quaternary nitrogens is 1. The van der Waals surface area contributed by atoms with Gasteiger partial charge in [-0.15, -0.1) is 0 Å². The number of rotatable bonds is 46. The Bertz CT molecular complexity index is 2120. The maximum atomic E-state index is 14.2. The zero-order valence-corrected chi connectivity index (χ0v) is 47.1. The van der Waals surface area contributed by atoms with Gasteiger partial charge in [-0.1, -0.05) is 89.9 Å². The number of phosphoric ester groups is 1. The van der Waals surface area contributed by atoms with Gasteiger partial charge in [-0.05, 0) is 25.7 Å². The molecule has 0 aromatic heterocycles. The topological polar surface area (TPSA) is 74.2 Å². The number of alkyl halides is 34. The first kappa shape index (κ1) is 85.6. The number of hydrogen-bond donors (Lipinski definition) is 1. The first-order valence-electron chi connectivity index (χ1n) is 26.0. The van der Waals surface area contributed by atoms with Crippen molar-refractivity contribution in [1.29, 1.82) is 0 Å². The van der Waals surface area contributed by atoms with Gasteiger partial charge >= 0.3 is 103 Å². The quantitative estimate of drug-likeness (QED) is 0.0283. The molecular weight excluding hydrogens is 1340 g/mol. The van der Waals surface area contributed by atoms with E-state index in [9.17, 15) is 159 Å². The molecule has 0 aliphatic heterocycles. The van der Waals surface area contributed by atoms with Crippen LogP contribution in [-0.2, 0) is 23.1 Å². The lowest BCUT2D eigenvalue weighted by molar-refractivity contribution is -0.870. The van der Waals surface area contributed by atoms with Crippen LogP contribution >= 0.6 is 7.82 Å². The number of hydrogen-bond acceptors (Lipinski definition) is 5. The van der Waals surface area contributed by atoms with Crippen molar-refractivity contribution in [2.75, 3.05) is 60.7 Å². The summed E-state index contributed by atoms with van der Waals surface area (Å²) < 4.78 is 493. The average molecular weight is 1400 g/mol. The normalized spacial score (nSPS) is 16.4. The van der Waals surface area contributed by atoms with Crippen LogP contribution in [0.2, 0.25) is 0 Å². The number of phosphoric acid groups is 1. The maximum absolute atomic E-state index is 14.2. The second-order valence-electron chi connectivity index (χ2n) is 21.3. The summed E-state index contributed by atoms with van der Waals surface area (Å²) in [7, 11) is 0.598. The molecule has 1 N–H and O–H groups in total. The van der Waals surface area contributed by atoms with Gasteiger partial charge in [0.2, 0.25) is 0 Å². The van der Waals surface area contributed by atoms with Crippen molar-refractivity contribution in [2.45, 2.75) is 230 Å². The van der Waals surface area contributed by atoms with E-state index >= 15 is 0 Å². The second kappa shape index (κ2) is 30.8. The summed E-state index contributed by atoms with van der Waals surface area (Å²) in [6.07, 6.45) is -21.6. The predicted molar refractivity (Wildman–Crippen MR) is 239 cm³/mol. The molecule has 0 spiro atoms. The lowest BCUT2D eigenvalue weighted by Gasteiger charge is -2.42. The van der Waals surface area contributed by atoms with E-state index in [0.29, 0.717) is 62.3 Å². The van der Waals surface area contributed by atoms with E-state index in [2.05, 4.69) is 0 Å². The molecule has 0 amide bonds. The van der Waals surface area contributed by atoms with Crippen molar-refractivity contribution in [3.63, 3.8) is 0 Å². The van der Waals surface area contributed by atoms with Crippen LogP contribution in [0.3, 0.4) is 0 Å². The molecule has 0 aliphatic carbocycles. The molecule has 530 valence electrons. The van der Waals surface area contributed by atoms with Gasteiger partial charge in [-0.2, -0.15) is 149 Å². The summed E-state index contributed by atoms with van der Waals surface area (Å²) in [6.45, 7) is -0.733. The number of halogens is 34. The van der Waals surface area contributed by atoms with Crippen LogP contribution in [0.5, 0.6) is 0 Å². The third-order valence-electron chi connectivity index (χ3n) is 13.1. The maximum Gasteiger partial charge on any atom is 0.472 e. The van der Waals surface area contributed by atoms with Crippen LogP contribution in [0.25, 0.3) is 0 Å². The van der Waals surface area contributed by atoms with E-state index in [1.54, 1.807) is 21.1 Å². The molecule has 1 unspecified atom stereocenters. The van der Waals surface area contributed by atoms with Crippen molar-refractivity contribution in [1.82, 2.24) is 0 Å². The molecular formula is C46H63F34NO6P+. The number of unbranched alkanes of at least 4 members (excludes halogenated alkanes) is 16. The Kier molecular flexibility index (Phi) is 29.9. The van der Waals surface area contributed by atoms with E-state index in [1.165, 1.54) is 0 Å². The molecule has 0 aliphatic rings. The zero-order valence-electron chi connectivity index (χ0n) is 46.2. The van der Waals surface area contributed by atoms with E-state index < -0.39 is 154 Å². The Morgan fingerprint density at radius 2 is 0.568 bits per heavy atom. The lowest BCUT2D eigenvalue weighted by atomic mass is 9.87. The van der Waals surface area contributed by atoms with Gasteiger partial charge < -0.3 is 18.9 Å². The molecule has 2 atom stereocenters. The molecule has 0 fully saturated rings. The van der Waals surface area contributed by atoms with Crippen molar-refractivity contribution in [3.05, 3.63) is 0 Å². The van der Waals surface area contributed by atoms with Gasteiger partial charge in [0.1, 0.15) is 19.3 Å². The van der Waals surface area contributed by atoms with Crippen LogP contribution in [0.4, 0.5) is 149 Å². The summed E-state index contributed by atoms with van der Waals surface area (Å²) in [5.74, 6) is -113. The summed E-state index contributed by atoms with van der Waals surface area (Å²) in [5.41, 5.74) is 0. The Morgan fingerprint density at radius 1 is 0.318 bits per heavy atom. The molecule has 7 nitrogen and oxygen atoms in total. The highest BCUT2D eigenvalue weighted by molar-refractivity contribution is 7.47. The monoisotopic (exact) mass is 1400 g/mol. The molecule has 0 radical (unpaired) electrons. The average Bonchev–Trinajstić information content (AvgIpc) is 0.718. The highest BCUT2D eigenvalue weighted by atomic mass is 31.2. The van der Waals surface area contributed by atoms with Crippen LogP contribution in [-0.4, -0.2) is 171 Å². The summed E-state index contributed by atoms with van der Waals surface area (Å²) in [5, 5.41) is 0. The van der Waals surface area contributed by atoms with Crippen molar-refractivity contribution in [3.8, 4) is 0 Å². The minimum Gasteiger partial charge on any atom is -0.379 e. The van der Waals surface area contributed by atoms with Crippen molar-refractivity contribution < 1.29 is 182 Å². The molecule has 0 aromatic rings. The van der Waals surface area contributed by atoms with Gasteiger partial charge in [0, 0.05) is 26.1 Å². The molecule has 0 aromatic carbocycles. The fourth-order valence-corrected chi connectivity index (χ4v) is 8.18. The molecule has 0 bridgehead atoms. The van der Waals surface area contributed by atoms with Crippen LogP contribution in [0.1, 0.15) is 128 Å². The lowest BCUT2D eigenvalue weighted by Crippen LogP contribution is -2.74. The molecule has 42 heteroatoms. The minimum absolute atomic E-state index is 0.0306. The third-order valence-corrected chi connectivity index (χ3v) is 14.1. The molecule has 0 saturated carbocycles. The van der Waals surface area contributed by atoms with E-state index in [0.717, 1.165) is 0 Å². The summed E-state index contributed by atoms with van der Waals surface area (Å²) in [6, 6.07) is 0. The SMILES string of the molecule is C[N+](C)(C)CCOP(=O)(O)OC[C@@H](COCCCCCCCCCCCC(F)(F)C(F)(F)C(F)(F)C(F)(F)C(F)(F)C(F)(F)C(F)(F)C(F)(F)F)OCCCCCCCCCCCC(F)(F)C(F)(F)C(F)(F)C(F)(F)C(F)(F)C(F)(F)C(F)(F)C(F)(F)F. The Morgan fingerprint density at radius 3 is 0.852 bits per heavy atom. The van der Waals surface area contributed by atoms with Crippen molar-refractivity contribution in [2.24, 2.45) is 0 Å². The molecule has 0 heterocycles. The van der Waals surface area contributed by atoms with E-state index in [-0.39, 0.29) is 65.1 Å². The second-order valence-corrected chi connectivity index (χ2v) is 22.8. The van der Waals surface area contributed by atoms with E-state index in [4.69, 9.17) is 18.5 Å². The first-order valence-corrected chi connectivity index (χ1v) is 27.5. The van der Waals surface area contributed by atoms with Gasteiger partial charge in [0.15, 0.2) is 0 Å². The minimum atomic E-state index is -8.71. The third kappa shape index (κ3) is 19.6. The van der Waals surface area contributed by atoms with Crippen molar-refractivity contribution >= 4 is 7.82 Å². The Labute approximate surface area is 480 Å². The first-order chi connectivity index (χ1) is 39.0. The van der Waals surface area contributed by atoms with Crippen LogP contribution < -0.4 is 0 Å². The molecule has 0 saturated heterocycles. The van der Waals surface area contributed by atoms with Gasteiger partial charge in [-0.3, -0.25) is 9.05 Å². The Hall–Kier alpha value is -2.39. The van der Waals surface area contributed by atoms with Crippen LogP contribution in [0, 0.1) is 0 Å². The standard InChI is InChI=1S/C46H62F34NO6P/c1-81(2,3)24-27-86-88(82,83)87-29-30(85-26-21-17-13-9-5-7-11-15-19-23-32(49,50)34(53,54)36(57,58)38(61,62)40(65,66)42(69,70)44(73,74)46(78,79)80)28-84-25-20-16-12-8-4-6-10-14-18-22-31(47,48)33(51,52)35(55,56)37(59,60)39(63,64)41(67,68)43(71,72)45(75,76)77/h30H,4-29H2,1-3H3/p+1/t30-/m1/s1. The smallest absolute Gasteiger partial charge is 0.379 e. The van der Waals surface area contributed by atoms with Gasteiger partial charge in [0.05, 0.1) is 34.4 Å². The summed E-state index contributed by atoms with van der Waals surface area (Å²) in [4.78, 5) is 10.1. The summed E-state index contributed by atoms with van der Waals surface area (Å²) >= 11 is 0. The fourth-order valence-electron chi connectivity index (χ4n) is 7.44. The zero-order chi connectivity index (χ0) is 69.8. The van der Waals surface area contributed by atoms with Gasteiger partial charge in [0.25, 0.3) is 0 Å². The fraction of sp³-hybridized carbons (Fsp3) is 1.00. The number of nitrogens with zero attached hydrogens (tertiary/aromatic N) is 1. The number of likely N-dealkylation sites (N-methyl/N-ethyl adjacent to an activating group) is 1. The largest absolute Gasteiger partial charge is 0.472 e. The predicted octanol–water partition coefficient (Wildman–Crippen LogP) is 19.0.